The Balaban J connectivity index is 1.50. The minimum Gasteiger partial charge on any atom is -0.380 e. The first-order valence-electron chi connectivity index (χ1n) is 10.6. The van der Waals surface area contributed by atoms with Gasteiger partial charge < -0.3 is 10.1 Å². The quantitative estimate of drug-likeness (QED) is 0.650. The zero-order valence-electron chi connectivity index (χ0n) is 17.2. The second kappa shape index (κ2) is 9.16. The fourth-order valence-corrected chi connectivity index (χ4v) is 4.61. The van der Waals surface area contributed by atoms with Gasteiger partial charge in [-0.15, -0.1) is 4.91 Å². The maximum atomic E-state index is 11.1. The van der Waals surface area contributed by atoms with Crippen molar-refractivity contribution in [2.75, 3.05) is 25.0 Å². The Bertz CT molecular complexity index is 618. The molecule has 0 bridgehead atoms. The van der Waals surface area contributed by atoms with Gasteiger partial charge in [0.1, 0.15) is 5.69 Å². The van der Waals surface area contributed by atoms with Crippen molar-refractivity contribution in [3.8, 4) is 0 Å². The number of aryl methyl sites for hydroxylation is 1. The van der Waals surface area contributed by atoms with E-state index in [0.717, 1.165) is 50.2 Å². The number of ether oxygens (including phenoxy) is 1. The van der Waals surface area contributed by atoms with E-state index in [9.17, 15) is 4.91 Å². The van der Waals surface area contributed by atoms with E-state index < -0.39 is 0 Å². The molecule has 0 radical (unpaired) electrons. The van der Waals surface area contributed by atoms with Crippen LogP contribution in [0.3, 0.4) is 0 Å². The van der Waals surface area contributed by atoms with Crippen molar-refractivity contribution < 1.29 is 4.74 Å². The number of likely N-dealkylation sites (tertiary alicyclic amines) is 1. The Hall–Kier alpha value is -1.46. The summed E-state index contributed by atoms with van der Waals surface area (Å²) < 4.78 is 5.96. The average Bonchev–Trinajstić information content (AvgIpc) is 2.68. The number of benzene rings is 1. The summed E-state index contributed by atoms with van der Waals surface area (Å²) in [6.45, 7) is 9.79. The van der Waals surface area contributed by atoms with Crippen molar-refractivity contribution in [1.82, 2.24) is 4.90 Å². The second-order valence-corrected chi connectivity index (χ2v) is 8.58. The lowest BCUT2D eigenvalue weighted by Gasteiger charge is -2.48. The predicted molar refractivity (Wildman–Crippen MR) is 112 cm³/mol. The standard InChI is InChI=1S/C22H35N3O2/c1-4-15-27-19-7-11-22(3,12-8-19)25-13-9-18(10-14-25)23-21-16-17(2)5-6-20(21)24-26/h5-6,16,18-19,23H,4,7-15H2,1-3H3. The van der Waals surface area contributed by atoms with Crippen LogP contribution in [0.1, 0.15) is 64.4 Å². The van der Waals surface area contributed by atoms with Crippen LogP contribution in [0.4, 0.5) is 11.4 Å². The molecule has 1 heterocycles. The van der Waals surface area contributed by atoms with Crippen molar-refractivity contribution in [2.24, 2.45) is 5.18 Å². The second-order valence-electron chi connectivity index (χ2n) is 8.58. The summed E-state index contributed by atoms with van der Waals surface area (Å²) in [6.07, 6.45) is 8.63. The molecule has 150 valence electrons. The largest absolute Gasteiger partial charge is 0.380 e. The molecule has 27 heavy (non-hydrogen) atoms. The third-order valence-corrected chi connectivity index (χ3v) is 6.44. The number of hydrogen-bond acceptors (Lipinski definition) is 5. The van der Waals surface area contributed by atoms with Gasteiger partial charge in [-0.25, -0.2) is 0 Å². The maximum Gasteiger partial charge on any atom is 0.131 e. The van der Waals surface area contributed by atoms with Crippen LogP contribution in [0.5, 0.6) is 0 Å². The van der Waals surface area contributed by atoms with E-state index in [1.807, 2.05) is 19.1 Å². The minimum absolute atomic E-state index is 0.315. The van der Waals surface area contributed by atoms with Crippen molar-refractivity contribution in [3.63, 3.8) is 0 Å². The smallest absolute Gasteiger partial charge is 0.131 e. The minimum atomic E-state index is 0.315. The van der Waals surface area contributed by atoms with E-state index in [1.165, 1.54) is 25.7 Å². The van der Waals surface area contributed by atoms with E-state index in [-0.39, 0.29) is 0 Å². The van der Waals surface area contributed by atoms with Gasteiger partial charge in [-0.1, -0.05) is 13.0 Å². The highest BCUT2D eigenvalue weighted by Gasteiger charge is 2.38. The summed E-state index contributed by atoms with van der Waals surface area (Å²) in [5, 5.41) is 6.74. The van der Waals surface area contributed by atoms with Crippen LogP contribution in [0.15, 0.2) is 23.4 Å². The highest BCUT2D eigenvalue weighted by atomic mass is 16.5. The summed E-state index contributed by atoms with van der Waals surface area (Å²) in [5.41, 5.74) is 2.86. The van der Waals surface area contributed by atoms with E-state index in [4.69, 9.17) is 4.74 Å². The number of nitrogens with one attached hydrogen (secondary N) is 1. The molecular formula is C22H35N3O2. The fourth-order valence-electron chi connectivity index (χ4n) is 4.61. The Morgan fingerprint density at radius 3 is 2.56 bits per heavy atom. The van der Waals surface area contributed by atoms with Gasteiger partial charge in [0.05, 0.1) is 11.8 Å². The van der Waals surface area contributed by atoms with E-state index in [2.05, 4.69) is 29.2 Å². The van der Waals surface area contributed by atoms with Crippen LogP contribution in [-0.4, -0.2) is 42.3 Å². The topological polar surface area (TPSA) is 53.9 Å². The summed E-state index contributed by atoms with van der Waals surface area (Å²) in [6, 6.07) is 6.18. The predicted octanol–water partition coefficient (Wildman–Crippen LogP) is 5.40. The van der Waals surface area contributed by atoms with Crippen molar-refractivity contribution in [3.05, 3.63) is 28.7 Å². The Kier molecular flexibility index (Phi) is 6.88. The Morgan fingerprint density at radius 2 is 1.93 bits per heavy atom. The number of nitroso groups, excluding NO2 is 1. The lowest BCUT2D eigenvalue weighted by atomic mass is 9.79. The molecule has 0 aromatic heterocycles. The average molecular weight is 374 g/mol. The van der Waals surface area contributed by atoms with Crippen LogP contribution in [0.2, 0.25) is 0 Å². The van der Waals surface area contributed by atoms with Gasteiger partial charge in [-0.05, 0) is 81.7 Å². The van der Waals surface area contributed by atoms with Crippen LogP contribution in [-0.2, 0) is 4.74 Å². The van der Waals surface area contributed by atoms with Crippen LogP contribution in [0.25, 0.3) is 0 Å². The van der Waals surface area contributed by atoms with Crippen molar-refractivity contribution in [1.29, 1.82) is 0 Å². The SMILES string of the molecule is CCCOC1CCC(C)(N2CCC(Nc3cc(C)ccc3N=O)CC2)CC1. The molecule has 0 amide bonds. The van der Waals surface area contributed by atoms with Gasteiger partial charge in [-0.3, -0.25) is 4.90 Å². The molecule has 2 aliphatic rings. The summed E-state index contributed by atoms with van der Waals surface area (Å²) >= 11 is 0. The number of nitrogens with zero attached hydrogens (tertiary/aromatic N) is 2. The van der Waals surface area contributed by atoms with Gasteiger partial charge >= 0.3 is 0 Å². The van der Waals surface area contributed by atoms with Gasteiger partial charge in [0.25, 0.3) is 0 Å². The number of rotatable bonds is 7. The van der Waals surface area contributed by atoms with Crippen LogP contribution < -0.4 is 5.32 Å². The van der Waals surface area contributed by atoms with Gasteiger partial charge in [0.2, 0.25) is 0 Å². The summed E-state index contributed by atoms with van der Waals surface area (Å²) in [5.74, 6) is 0. The molecule has 5 heteroatoms. The molecule has 1 saturated carbocycles. The zero-order valence-corrected chi connectivity index (χ0v) is 17.2. The fraction of sp³-hybridized carbons (Fsp3) is 0.727. The van der Waals surface area contributed by atoms with Crippen molar-refractivity contribution >= 4 is 11.4 Å². The molecule has 1 saturated heterocycles. The van der Waals surface area contributed by atoms with E-state index in [0.29, 0.717) is 23.4 Å². The highest BCUT2D eigenvalue weighted by Crippen LogP contribution is 2.37. The monoisotopic (exact) mass is 373 g/mol. The number of piperidine rings is 1. The zero-order chi connectivity index (χ0) is 19.3. The molecule has 0 unspecified atom stereocenters. The third kappa shape index (κ3) is 5.08. The lowest BCUT2D eigenvalue weighted by molar-refractivity contribution is -0.0277. The lowest BCUT2D eigenvalue weighted by Crippen LogP contribution is -2.53. The molecule has 1 aromatic carbocycles. The van der Waals surface area contributed by atoms with E-state index >= 15 is 0 Å². The number of anilines is 1. The molecule has 1 aliphatic heterocycles. The van der Waals surface area contributed by atoms with Gasteiger partial charge in [-0.2, -0.15) is 0 Å². The van der Waals surface area contributed by atoms with E-state index in [1.54, 1.807) is 6.07 Å². The molecule has 2 fully saturated rings. The molecule has 0 atom stereocenters. The normalized spacial score (nSPS) is 27.4. The number of hydrogen-bond donors (Lipinski definition) is 1. The summed E-state index contributed by atoms with van der Waals surface area (Å²) in [7, 11) is 0. The third-order valence-electron chi connectivity index (χ3n) is 6.44. The molecule has 5 nitrogen and oxygen atoms in total. The maximum absolute atomic E-state index is 11.1. The van der Waals surface area contributed by atoms with Gasteiger partial charge in [0, 0.05) is 31.3 Å². The van der Waals surface area contributed by atoms with Gasteiger partial charge in [0.15, 0.2) is 0 Å². The Morgan fingerprint density at radius 1 is 1.22 bits per heavy atom. The first kappa shape index (κ1) is 20.3. The molecule has 1 N–H and O–H groups in total. The highest BCUT2D eigenvalue weighted by molar-refractivity contribution is 5.66. The van der Waals surface area contributed by atoms with Crippen LogP contribution >= 0.6 is 0 Å². The molecule has 0 spiro atoms. The molecule has 1 aliphatic carbocycles. The first-order valence-corrected chi connectivity index (χ1v) is 10.6. The summed E-state index contributed by atoms with van der Waals surface area (Å²) in [4.78, 5) is 13.8. The molecule has 1 aromatic rings. The molecule has 3 rings (SSSR count). The van der Waals surface area contributed by atoms with Crippen LogP contribution in [0, 0.1) is 11.8 Å². The van der Waals surface area contributed by atoms with Crippen molar-refractivity contribution in [2.45, 2.75) is 83.4 Å². The first-order chi connectivity index (χ1) is 13.0. The molecular weight excluding hydrogens is 338 g/mol. The Labute approximate surface area is 163 Å².